The number of alkyl halides is 3. The molecule has 0 rings (SSSR count). The first-order valence-corrected chi connectivity index (χ1v) is 8.27. The van der Waals surface area contributed by atoms with Crippen LogP contribution in [0.1, 0.15) is 0 Å². The molecule has 7 heteroatoms. The zero-order valence-corrected chi connectivity index (χ0v) is 9.46. The van der Waals surface area contributed by atoms with Crippen molar-refractivity contribution in [3.8, 4) is 0 Å². The molecule has 0 aromatic carbocycles. The number of hydrogen-bond acceptors (Lipinski definition) is 0. The van der Waals surface area contributed by atoms with E-state index in [1.165, 1.54) is 0 Å². The predicted molar refractivity (Wildman–Crippen MR) is 48.4 cm³/mol. The Hall–Kier alpha value is 1.96. The first-order chi connectivity index (χ1) is 3.85. The fourth-order valence-corrected chi connectivity index (χ4v) is 3.86. The highest BCUT2D eigenvalue weighted by Gasteiger charge is 2.39. The van der Waals surface area contributed by atoms with Gasteiger partial charge in [-0.2, -0.15) is 0 Å². The molecule has 0 aliphatic carbocycles. The van der Waals surface area contributed by atoms with Crippen LogP contribution in [-0.4, -0.2) is 15.8 Å². The van der Waals surface area contributed by atoms with E-state index in [1.54, 1.807) is 0 Å². The Morgan fingerprint density at radius 3 is 1.22 bits per heavy atom. The lowest BCUT2D eigenvalue weighted by Crippen LogP contribution is -2.31. The molecule has 0 aliphatic heterocycles. The van der Waals surface area contributed by atoms with Crippen LogP contribution < -0.4 is 0 Å². The van der Waals surface area contributed by atoms with E-state index in [2.05, 4.69) is 0 Å². The molecule has 1 unspecified atom stereocenters. The van der Waals surface area contributed by atoms with Crippen LogP contribution in [0.25, 0.3) is 0 Å². The SMILES string of the molecule is ClC(Cl)C(Cl)[Si](Cl)(Cl)Cl. The molecule has 56 valence electrons. The third kappa shape index (κ3) is 4.41. The Labute approximate surface area is 83.4 Å². The highest BCUT2D eigenvalue weighted by atomic mass is 35.8. The van der Waals surface area contributed by atoms with Gasteiger partial charge in [0.15, 0.2) is 0 Å². The summed E-state index contributed by atoms with van der Waals surface area (Å²) in [5, 5.41) is -0.745. The second-order valence-corrected chi connectivity index (χ2v) is 12.1. The van der Waals surface area contributed by atoms with Gasteiger partial charge in [0.1, 0.15) is 4.84 Å². The van der Waals surface area contributed by atoms with E-state index in [-0.39, 0.29) is 0 Å². The average molecular weight is 267 g/mol. The van der Waals surface area contributed by atoms with Crippen LogP contribution >= 0.6 is 68.0 Å². The normalized spacial score (nSPS) is 16.3. The minimum Gasteiger partial charge on any atom is -0.124 e. The zero-order valence-electron chi connectivity index (χ0n) is 3.92. The number of halogens is 6. The van der Waals surface area contributed by atoms with E-state index in [0.717, 1.165) is 0 Å². The molecule has 0 spiro atoms. The summed E-state index contributed by atoms with van der Waals surface area (Å²) in [6.45, 7) is 0. The van der Waals surface area contributed by atoms with Crippen LogP contribution in [0.3, 0.4) is 0 Å². The molecule has 0 heterocycles. The van der Waals surface area contributed by atoms with E-state index >= 15 is 0 Å². The Kier molecular flexibility index (Phi) is 4.99. The highest BCUT2D eigenvalue weighted by Crippen LogP contribution is 2.33. The third-order valence-corrected chi connectivity index (χ3v) is 7.03. The summed E-state index contributed by atoms with van der Waals surface area (Å²) in [5.74, 6) is 0. The van der Waals surface area contributed by atoms with Gasteiger partial charge in [0, 0.05) is 0 Å². The van der Waals surface area contributed by atoms with Gasteiger partial charge in [-0.15, -0.1) is 68.0 Å². The van der Waals surface area contributed by atoms with Gasteiger partial charge < -0.3 is 0 Å². The van der Waals surface area contributed by atoms with Crippen LogP contribution in [-0.2, 0) is 0 Å². The van der Waals surface area contributed by atoms with Crippen molar-refractivity contribution in [2.45, 2.75) is 9.84 Å². The molecule has 0 saturated carbocycles. The van der Waals surface area contributed by atoms with Crippen LogP contribution in [0.5, 0.6) is 0 Å². The Bertz CT molecular complexity index is 85.5. The molecule has 0 amide bonds. The topological polar surface area (TPSA) is 0 Å². The van der Waals surface area contributed by atoms with Crippen molar-refractivity contribution in [2.75, 3.05) is 0 Å². The van der Waals surface area contributed by atoms with Gasteiger partial charge >= 0.3 is 6.00 Å². The second-order valence-electron chi connectivity index (χ2n) is 1.28. The molecule has 0 radical (unpaired) electrons. The van der Waals surface area contributed by atoms with E-state index in [1.807, 2.05) is 0 Å². The van der Waals surface area contributed by atoms with Crippen molar-refractivity contribution in [1.29, 1.82) is 0 Å². The average Bonchev–Trinajstić information content (AvgIpc) is 1.62. The first kappa shape index (κ1) is 11.0. The minimum absolute atomic E-state index is 0.745. The Morgan fingerprint density at radius 2 is 1.22 bits per heavy atom. The molecule has 1 atom stereocenters. The highest BCUT2D eigenvalue weighted by molar-refractivity contribution is 7.66. The summed E-state index contributed by atoms with van der Waals surface area (Å²) < 4.78 is 0. The summed E-state index contributed by atoms with van der Waals surface area (Å²) in [7, 11) is 0. The van der Waals surface area contributed by atoms with Gasteiger partial charge in [0.05, 0.1) is 5.00 Å². The molecule has 0 aromatic heterocycles. The smallest absolute Gasteiger partial charge is 0.124 e. The lowest BCUT2D eigenvalue weighted by molar-refractivity contribution is 1.27. The van der Waals surface area contributed by atoms with Crippen molar-refractivity contribution in [3.63, 3.8) is 0 Å². The van der Waals surface area contributed by atoms with Crippen molar-refractivity contribution < 1.29 is 0 Å². The minimum atomic E-state index is -2.91. The molecule has 0 aliphatic rings. The molecule has 0 nitrogen and oxygen atoms in total. The standard InChI is InChI=1S/C2H2Cl6Si/c3-1(4)2(5)9(6,7)8/h1-2H. The molecule has 0 N–H and O–H groups in total. The summed E-state index contributed by atoms with van der Waals surface area (Å²) in [5.41, 5.74) is 0. The van der Waals surface area contributed by atoms with Crippen LogP contribution in [0.4, 0.5) is 0 Å². The Balaban J connectivity index is 3.88. The number of rotatable bonds is 2. The van der Waals surface area contributed by atoms with E-state index in [9.17, 15) is 0 Å². The summed E-state index contributed by atoms with van der Waals surface area (Å²) in [4.78, 5) is -0.814. The fourth-order valence-electron chi connectivity index (χ4n) is 0.143. The maximum atomic E-state index is 5.49. The largest absolute Gasteiger partial charge is 0.361 e. The van der Waals surface area contributed by atoms with Crippen LogP contribution in [0.15, 0.2) is 0 Å². The quantitative estimate of drug-likeness (QED) is 0.407. The molecule has 0 saturated heterocycles. The molecule has 9 heavy (non-hydrogen) atoms. The van der Waals surface area contributed by atoms with Gasteiger partial charge in [0.2, 0.25) is 0 Å². The van der Waals surface area contributed by atoms with Gasteiger partial charge in [-0.3, -0.25) is 0 Å². The molecular weight excluding hydrogens is 265 g/mol. The molecule has 0 bridgehead atoms. The van der Waals surface area contributed by atoms with E-state index in [0.29, 0.717) is 0 Å². The first-order valence-electron chi connectivity index (χ1n) is 1.84. The Morgan fingerprint density at radius 1 is 0.889 bits per heavy atom. The fraction of sp³-hybridized carbons (Fsp3) is 1.00. The summed E-state index contributed by atoms with van der Waals surface area (Å²) in [6, 6.07) is -2.91. The van der Waals surface area contributed by atoms with E-state index < -0.39 is 15.8 Å². The van der Waals surface area contributed by atoms with Crippen molar-refractivity contribution in [3.05, 3.63) is 0 Å². The monoisotopic (exact) mass is 264 g/mol. The maximum Gasteiger partial charge on any atom is 0.361 e. The van der Waals surface area contributed by atoms with Gasteiger partial charge in [-0.25, -0.2) is 0 Å². The van der Waals surface area contributed by atoms with Crippen molar-refractivity contribution in [1.82, 2.24) is 0 Å². The van der Waals surface area contributed by atoms with Gasteiger partial charge in [-0.1, -0.05) is 0 Å². The van der Waals surface area contributed by atoms with Gasteiger partial charge in [0.25, 0.3) is 0 Å². The second kappa shape index (κ2) is 4.10. The maximum absolute atomic E-state index is 5.49. The summed E-state index contributed by atoms with van der Waals surface area (Å²) >= 11 is 32.5. The molecular formula is C2H2Cl6Si. The van der Waals surface area contributed by atoms with Crippen molar-refractivity contribution in [2.24, 2.45) is 0 Å². The lowest BCUT2D eigenvalue weighted by atomic mass is 10.9. The van der Waals surface area contributed by atoms with Crippen LogP contribution in [0.2, 0.25) is 0 Å². The molecule has 0 fully saturated rings. The van der Waals surface area contributed by atoms with Crippen molar-refractivity contribution >= 4 is 74.0 Å². The third-order valence-electron chi connectivity index (χ3n) is 0.534. The lowest BCUT2D eigenvalue weighted by Gasteiger charge is -2.14. The summed E-state index contributed by atoms with van der Waals surface area (Å²) in [6.07, 6.45) is 0. The predicted octanol–water partition coefficient (Wildman–Crippen LogP) is 3.59. The van der Waals surface area contributed by atoms with E-state index in [4.69, 9.17) is 68.0 Å². The van der Waals surface area contributed by atoms with Crippen LogP contribution in [0, 0.1) is 0 Å². The zero-order chi connectivity index (χ0) is 7.65. The number of hydrogen-bond donors (Lipinski definition) is 0. The molecule has 0 aromatic rings. The van der Waals surface area contributed by atoms with Gasteiger partial charge in [-0.05, 0) is 0 Å².